The number of nitrogens with one attached hydrogen (secondary N) is 1. The van der Waals surface area contributed by atoms with Crippen LogP contribution in [0.5, 0.6) is 0 Å². The number of ether oxygens (including phenoxy) is 1. The van der Waals surface area contributed by atoms with E-state index in [-0.39, 0.29) is 11.0 Å². The van der Waals surface area contributed by atoms with Crippen molar-refractivity contribution in [1.82, 2.24) is 5.32 Å². The van der Waals surface area contributed by atoms with Gasteiger partial charge in [0.1, 0.15) is 0 Å². The summed E-state index contributed by atoms with van der Waals surface area (Å²) in [5.74, 6) is 0.571. The number of Topliss-reactive ketones (excluding diaryl/α,β-unsaturated/α-hetero) is 1. The van der Waals surface area contributed by atoms with Gasteiger partial charge in [-0.2, -0.15) is 0 Å². The van der Waals surface area contributed by atoms with E-state index in [0.29, 0.717) is 11.5 Å². The van der Waals surface area contributed by atoms with Crippen molar-refractivity contribution in [2.45, 2.75) is 11.4 Å². The Hall–Kier alpha value is -1.46. The van der Waals surface area contributed by atoms with Gasteiger partial charge in [0.25, 0.3) is 0 Å². The van der Waals surface area contributed by atoms with E-state index in [2.05, 4.69) is 21.2 Å². The average molecular weight is 364 g/mol. The van der Waals surface area contributed by atoms with Crippen molar-refractivity contribution in [1.29, 1.82) is 0 Å². The normalized spacial score (nSPS) is 24.4. The number of rotatable bonds is 3. The lowest BCUT2D eigenvalue weighted by Gasteiger charge is -2.19. The van der Waals surface area contributed by atoms with Gasteiger partial charge in [-0.3, -0.25) is 4.79 Å². The van der Waals surface area contributed by atoms with E-state index < -0.39 is 6.10 Å². The fourth-order valence-electron chi connectivity index (χ4n) is 2.38. The molecule has 0 bridgehead atoms. The molecule has 1 aromatic carbocycles. The maximum atomic E-state index is 12.8. The molecule has 0 radical (unpaired) electrons. The second kappa shape index (κ2) is 6.12. The van der Waals surface area contributed by atoms with Crippen LogP contribution in [-0.4, -0.2) is 24.2 Å². The van der Waals surface area contributed by atoms with E-state index in [9.17, 15) is 4.79 Å². The van der Waals surface area contributed by atoms with Crippen LogP contribution in [0.3, 0.4) is 0 Å². The zero-order valence-electron chi connectivity index (χ0n) is 11.4. The van der Waals surface area contributed by atoms with E-state index in [4.69, 9.17) is 4.74 Å². The maximum absolute atomic E-state index is 12.8. The Bertz CT molecular complexity index is 666. The third-order valence-corrected chi connectivity index (χ3v) is 4.87. The smallest absolute Gasteiger partial charge is 0.210 e. The molecule has 3 rings (SSSR count). The summed E-state index contributed by atoms with van der Waals surface area (Å²) in [5, 5.41) is 4.99. The Labute approximate surface area is 136 Å². The summed E-state index contributed by atoms with van der Waals surface area (Å²) in [6.45, 7) is 0. The molecule has 0 fully saturated rings. The number of ketones is 1. The molecule has 0 amide bonds. The Morgan fingerprint density at radius 1 is 1.33 bits per heavy atom. The summed E-state index contributed by atoms with van der Waals surface area (Å²) in [5.41, 5.74) is 1.48. The van der Waals surface area contributed by atoms with Gasteiger partial charge in [0, 0.05) is 11.5 Å². The molecule has 1 N–H and O–H groups in total. The zero-order chi connectivity index (χ0) is 14.8. The first kappa shape index (κ1) is 14.5. The quantitative estimate of drug-likeness (QED) is 0.891. The highest BCUT2D eigenvalue weighted by molar-refractivity contribution is 9.10. The summed E-state index contributed by atoms with van der Waals surface area (Å²) in [6, 6.07) is 7.70. The first-order valence-electron chi connectivity index (χ1n) is 6.58. The van der Waals surface area contributed by atoms with Gasteiger partial charge < -0.3 is 10.1 Å². The number of hydrogen-bond donors (Lipinski definition) is 1. The number of carbonyl (C=O) groups excluding carboxylic acids is 1. The number of allylic oxidation sites excluding steroid dienone is 2. The van der Waals surface area contributed by atoms with Gasteiger partial charge >= 0.3 is 0 Å². The standard InChI is InChI=1S/C16H14BrNO2S/c1-18-16-13(10-5-4-6-11(17)9-10)14(19)15(20-16)12-7-2-3-8-21-12/h2-9,12,15,18H,1H3. The molecule has 0 aromatic heterocycles. The molecule has 2 aliphatic rings. The lowest BCUT2D eigenvalue weighted by atomic mass is 9.99. The lowest BCUT2D eigenvalue weighted by Crippen LogP contribution is -2.29. The van der Waals surface area contributed by atoms with Crippen molar-refractivity contribution in [3.8, 4) is 0 Å². The Balaban J connectivity index is 1.93. The molecule has 5 heteroatoms. The third-order valence-electron chi connectivity index (χ3n) is 3.34. The minimum Gasteiger partial charge on any atom is -0.465 e. The Morgan fingerprint density at radius 3 is 2.86 bits per heavy atom. The van der Waals surface area contributed by atoms with Crippen LogP contribution in [0.15, 0.2) is 58.3 Å². The van der Waals surface area contributed by atoms with Gasteiger partial charge in [-0.25, -0.2) is 0 Å². The molecule has 108 valence electrons. The average Bonchev–Trinajstić information content (AvgIpc) is 2.85. The van der Waals surface area contributed by atoms with Crippen LogP contribution in [0.25, 0.3) is 5.57 Å². The van der Waals surface area contributed by atoms with Gasteiger partial charge in [-0.05, 0) is 23.1 Å². The fourth-order valence-corrected chi connectivity index (χ4v) is 3.65. The third kappa shape index (κ3) is 2.80. The van der Waals surface area contributed by atoms with E-state index >= 15 is 0 Å². The molecule has 0 saturated carbocycles. The van der Waals surface area contributed by atoms with Gasteiger partial charge in [-0.15, -0.1) is 11.8 Å². The molecule has 0 spiro atoms. The number of hydrogen-bond acceptors (Lipinski definition) is 4. The molecule has 2 atom stereocenters. The molecule has 2 unspecified atom stereocenters. The molecular weight excluding hydrogens is 350 g/mol. The monoisotopic (exact) mass is 363 g/mol. The van der Waals surface area contributed by atoms with Crippen molar-refractivity contribution in [2.24, 2.45) is 0 Å². The molecule has 21 heavy (non-hydrogen) atoms. The number of thioether (sulfide) groups is 1. The first-order valence-corrected chi connectivity index (χ1v) is 8.32. The highest BCUT2D eigenvalue weighted by Crippen LogP contribution is 2.35. The summed E-state index contributed by atoms with van der Waals surface area (Å²) in [7, 11) is 1.77. The minimum absolute atomic E-state index is 0.00972. The van der Waals surface area contributed by atoms with Crippen LogP contribution in [0.2, 0.25) is 0 Å². The fraction of sp³-hybridized carbons (Fsp3) is 0.188. The lowest BCUT2D eigenvalue weighted by molar-refractivity contribution is -0.119. The van der Waals surface area contributed by atoms with Crippen LogP contribution in [0.1, 0.15) is 5.56 Å². The predicted molar refractivity (Wildman–Crippen MR) is 89.7 cm³/mol. The van der Waals surface area contributed by atoms with E-state index in [1.807, 2.05) is 47.9 Å². The summed E-state index contributed by atoms with van der Waals surface area (Å²) < 4.78 is 6.81. The summed E-state index contributed by atoms with van der Waals surface area (Å²) in [6.07, 6.45) is 5.44. The van der Waals surface area contributed by atoms with Crippen molar-refractivity contribution in [2.75, 3.05) is 7.05 Å². The largest absolute Gasteiger partial charge is 0.465 e. The van der Waals surface area contributed by atoms with Crippen molar-refractivity contribution in [3.63, 3.8) is 0 Å². The Kier molecular flexibility index (Phi) is 4.22. The van der Waals surface area contributed by atoms with Crippen LogP contribution in [-0.2, 0) is 9.53 Å². The van der Waals surface area contributed by atoms with E-state index in [0.717, 1.165) is 10.0 Å². The molecule has 1 aromatic rings. The molecule has 0 aliphatic carbocycles. The predicted octanol–water partition coefficient (Wildman–Crippen LogP) is 3.49. The van der Waals surface area contributed by atoms with Crippen molar-refractivity contribution >= 4 is 39.0 Å². The molecule has 3 nitrogen and oxygen atoms in total. The highest BCUT2D eigenvalue weighted by Gasteiger charge is 2.40. The van der Waals surface area contributed by atoms with Crippen LogP contribution in [0, 0.1) is 0 Å². The number of carbonyl (C=O) groups is 1. The topological polar surface area (TPSA) is 38.3 Å². The molecule has 2 heterocycles. The number of halogens is 1. The highest BCUT2D eigenvalue weighted by atomic mass is 79.9. The van der Waals surface area contributed by atoms with Crippen LogP contribution in [0.4, 0.5) is 0 Å². The van der Waals surface area contributed by atoms with Gasteiger partial charge in [0.05, 0.1) is 10.8 Å². The Morgan fingerprint density at radius 2 is 2.19 bits per heavy atom. The van der Waals surface area contributed by atoms with Crippen LogP contribution < -0.4 is 5.32 Å². The van der Waals surface area contributed by atoms with E-state index in [1.54, 1.807) is 18.8 Å². The first-order chi connectivity index (χ1) is 10.2. The molecule has 0 saturated heterocycles. The maximum Gasteiger partial charge on any atom is 0.210 e. The van der Waals surface area contributed by atoms with Gasteiger partial charge in [-0.1, -0.05) is 46.3 Å². The summed E-state index contributed by atoms with van der Waals surface area (Å²) >= 11 is 5.04. The summed E-state index contributed by atoms with van der Waals surface area (Å²) in [4.78, 5) is 12.8. The second-order valence-electron chi connectivity index (χ2n) is 4.68. The van der Waals surface area contributed by atoms with Crippen LogP contribution >= 0.6 is 27.7 Å². The zero-order valence-corrected chi connectivity index (χ0v) is 13.8. The second-order valence-corrected chi connectivity index (χ2v) is 6.69. The number of benzene rings is 1. The van der Waals surface area contributed by atoms with Gasteiger partial charge in [0.15, 0.2) is 12.0 Å². The van der Waals surface area contributed by atoms with E-state index in [1.165, 1.54) is 0 Å². The minimum atomic E-state index is -0.479. The molecule has 2 aliphatic heterocycles. The van der Waals surface area contributed by atoms with Gasteiger partial charge in [0.2, 0.25) is 5.78 Å². The molecular formula is C16H14BrNO2S. The van der Waals surface area contributed by atoms with Crippen molar-refractivity contribution < 1.29 is 9.53 Å². The SMILES string of the molecule is CNC1=C(c2cccc(Br)c2)C(=O)C(C2C=CC=CS2)O1. The van der Waals surface area contributed by atoms with Crippen molar-refractivity contribution in [3.05, 3.63) is 63.8 Å².